The molecule has 13 heavy (non-hydrogen) atoms. The Hall–Kier alpha value is -0.240. The smallest absolute Gasteiger partial charge is 0.0737 e. The summed E-state index contributed by atoms with van der Waals surface area (Å²) < 4.78 is 0. The molecule has 1 heterocycles. The highest BCUT2D eigenvalue weighted by Crippen LogP contribution is 2.37. The van der Waals surface area contributed by atoms with Crippen LogP contribution in [0.15, 0.2) is 25.3 Å². The van der Waals surface area contributed by atoms with Crippen molar-refractivity contribution in [2.24, 2.45) is 0 Å². The average molecular weight is 233 g/mol. The van der Waals surface area contributed by atoms with Crippen LogP contribution in [-0.2, 0) is 12.8 Å². The minimum Gasteiger partial charge on any atom is -0.142 e. The van der Waals surface area contributed by atoms with Gasteiger partial charge in [-0.25, -0.2) is 0 Å². The molecule has 0 unspecified atom stereocenters. The lowest BCUT2D eigenvalue weighted by molar-refractivity contribution is 1.35. The van der Waals surface area contributed by atoms with Gasteiger partial charge in [0.25, 0.3) is 0 Å². The predicted octanol–water partition coefficient (Wildman–Crippen LogP) is 4.51. The minimum absolute atomic E-state index is 0.670. The highest BCUT2D eigenvalue weighted by Gasteiger charge is 2.12. The molecule has 0 fully saturated rings. The Morgan fingerprint density at radius 1 is 1.00 bits per heavy atom. The SMILES string of the molecule is C=CCc1sc(CC=C)c(Cl)c1Cl. The number of halogens is 2. The van der Waals surface area contributed by atoms with Crippen molar-refractivity contribution >= 4 is 34.5 Å². The lowest BCUT2D eigenvalue weighted by Gasteiger charge is -1.89. The molecule has 0 aliphatic carbocycles. The van der Waals surface area contributed by atoms with Crippen LogP contribution in [-0.4, -0.2) is 0 Å². The number of hydrogen-bond acceptors (Lipinski definition) is 1. The van der Waals surface area contributed by atoms with Crippen LogP contribution in [0.4, 0.5) is 0 Å². The molecule has 3 heteroatoms. The number of thiophene rings is 1. The van der Waals surface area contributed by atoms with Crippen molar-refractivity contribution in [2.45, 2.75) is 12.8 Å². The zero-order chi connectivity index (χ0) is 9.84. The zero-order valence-electron chi connectivity index (χ0n) is 7.15. The molecule has 0 aliphatic rings. The molecule has 0 radical (unpaired) electrons. The molecule has 0 bridgehead atoms. The van der Waals surface area contributed by atoms with E-state index in [1.165, 1.54) is 0 Å². The first-order chi connectivity index (χ1) is 6.20. The second kappa shape index (κ2) is 4.85. The van der Waals surface area contributed by atoms with E-state index in [-0.39, 0.29) is 0 Å². The summed E-state index contributed by atoms with van der Waals surface area (Å²) in [7, 11) is 0. The Labute approximate surface area is 92.5 Å². The van der Waals surface area contributed by atoms with Crippen molar-refractivity contribution in [1.82, 2.24) is 0 Å². The van der Waals surface area contributed by atoms with Crippen molar-refractivity contribution in [3.05, 3.63) is 45.1 Å². The molecule has 70 valence electrons. The van der Waals surface area contributed by atoms with Gasteiger partial charge >= 0.3 is 0 Å². The van der Waals surface area contributed by atoms with Crippen molar-refractivity contribution in [2.75, 3.05) is 0 Å². The fourth-order valence-corrected chi connectivity index (χ4v) is 2.82. The van der Waals surface area contributed by atoms with Gasteiger partial charge in [-0.05, 0) is 0 Å². The molecule has 0 spiro atoms. The summed E-state index contributed by atoms with van der Waals surface area (Å²) in [5.41, 5.74) is 0. The summed E-state index contributed by atoms with van der Waals surface area (Å²) in [6.07, 6.45) is 5.21. The molecule has 1 aromatic rings. The fourth-order valence-electron chi connectivity index (χ4n) is 1.01. The third-order valence-electron chi connectivity index (χ3n) is 1.59. The zero-order valence-corrected chi connectivity index (χ0v) is 9.48. The van der Waals surface area contributed by atoms with E-state index in [4.69, 9.17) is 23.2 Å². The van der Waals surface area contributed by atoms with Crippen LogP contribution >= 0.6 is 34.5 Å². The molecule has 0 saturated carbocycles. The van der Waals surface area contributed by atoms with Crippen LogP contribution in [0, 0.1) is 0 Å². The maximum absolute atomic E-state index is 6.02. The Morgan fingerprint density at radius 2 is 1.38 bits per heavy atom. The molecule has 1 rings (SSSR count). The first kappa shape index (κ1) is 10.8. The summed E-state index contributed by atoms with van der Waals surface area (Å²) in [5.74, 6) is 0. The van der Waals surface area contributed by atoms with Crippen molar-refractivity contribution in [1.29, 1.82) is 0 Å². The quantitative estimate of drug-likeness (QED) is 0.671. The van der Waals surface area contributed by atoms with Crippen LogP contribution in [0.25, 0.3) is 0 Å². The van der Waals surface area contributed by atoms with E-state index in [2.05, 4.69) is 13.2 Å². The summed E-state index contributed by atoms with van der Waals surface area (Å²) in [5, 5.41) is 1.34. The lowest BCUT2D eigenvalue weighted by atomic mass is 10.3. The van der Waals surface area contributed by atoms with Crippen molar-refractivity contribution in [3.63, 3.8) is 0 Å². The average Bonchev–Trinajstić information content (AvgIpc) is 2.36. The summed E-state index contributed by atoms with van der Waals surface area (Å²) >= 11 is 13.7. The van der Waals surface area contributed by atoms with Crippen LogP contribution in [0.5, 0.6) is 0 Å². The van der Waals surface area contributed by atoms with Crippen molar-refractivity contribution in [3.8, 4) is 0 Å². The fraction of sp³-hybridized carbons (Fsp3) is 0.200. The maximum atomic E-state index is 6.02. The normalized spacial score (nSPS) is 10.0. The largest absolute Gasteiger partial charge is 0.142 e. The Kier molecular flexibility index (Phi) is 4.04. The van der Waals surface area contributed by atoms with E-state index in [1.54, 1.807) is 11.3 Å². The van der Waals surface area contributed by atoms with Gasteiger partial charge in [-0.3, -0.25) is 0 Å². The minimum atomic E-state index is 0.670. The van der Waals surface area contributed by atoms with Crippen LogP contribution < -0.4 is 0 Å². The van der Waals surface area contributed by atoms with Crippen LogP contribution in [0.3, 0.4) is 0 Å². The lowest BCUT2D eigenvalue weighted by Crippen LogP contribution is -1.72. The third-order valence-corrected chi connectivity index (χ3v) is 3.98. The second-order valence-electron chi connectivity index (χ2n) is 2.56. The van der Waals surface area contributed by atoms with E-state index in [0.717, 1.165) is 22.6 Å². The summed E-state index contributed by atoms with van der Waals surface area (Å²) in [6, 6.07) is 0. The van der Waals surface area contributed by atoms with E-state index in [0.29, 0.717) is 10.0 Å². The van der Waals surface area contributed by atoms with E-state index < -0.39 is 0 Å². The van der Waals surface area contributed by atoms with E-state index in [1.807, 2.05) is 12.2 Å². The van der Waals surface area contributed by atoms with Gasteiger partial charge in [-0.1, -0.05) is 35.4 Å². The predicted molar refractivity (Wildman–Crippen MR) is 62.1 cm³/mol. The molecule has 0 nitrogen and oxygen atoms in total. The molecule has 0 aromatic carbocycles. The van der Waals surface area contributed by atoms with Gasteiger partial charge in [0.2, 0.25) is 0 Å². The van der Waals surface area contributed by atoms with Gasteiger partial charge in [0, 0.05) is 22.6 Å². The molecule has 0 amide bonds. The summed E-state index contributed by atoms with van der Waals surface area (Å²) in [6.45, 7) is 7.33. The van der Waals surface area contributed by atoms with Gasteiger partial charge < -0.3 is 0 Å². The Morgan fingerprint density at radius 3 is 1.69 bits per heavy atom. The third kappa shape index (κ3) is 2.37. The van der Waals surface area contributed by atoms with Gasteiger partial charge in [-0.2, -0.15) is 0 Å². The second-order valence-corrected chi connectivity index (χ2v) is 4.51. The van der Waals surface area contributed by atoms with Gasteiger partial charge in [0.15, 0.2) is 0 Å². The number of allylic oxidation sites excluding steroid dienone is 2. The monoisotopic (exact) mass is 232 g/mol. The highest BCUT2D eigenvalue weighted by molar-refractivity contribution is 7.13. The van der Waals surface area contributed by atoms with Crippen LogP contribution in [0.1, 0.15) is 9.75 Å². The summed E-state index contributed by atoms with van der Waals surface area (Å²) in [4.78, 5) is 2.16. The standard InChI is InChI=1S/C10H10Cl2S/c1-3-5-7-9(11)10(12)8(13-7)6-4-2/h3-4H,1-2,5-6H2. The molecule has 0 N–H and O–H groups in total. The first-order valence-electron chi connectivity index (χ1n) is 3.88. The van der Waals surface area contributed by atoms with Gasteiger partial charge in [0.05, 0.1) is 10.0 Å². The Balaban J connectivity index is 3.03. The van der Waals surface area contributed by atoms with Crippen molar-refractivity contribution < 1.29 is 0 Å². The molecular weight excluding hydrogens is 223 g/mol. The maximum Gasteiger partial charge on any atom is 0.0737 e. The van der Waals surface area contributed by atoms with Gasteiger partial charge in [0.1, 0.15) is 0 Å². The Bertz CT molecular complexity index is 295. The molecule has 0 atom stereocenters. The highest BCUT2D eigenvalue weighted by atomic mass is 35.5. The molecule has 1 aromatic heterocycles. The first-order valence-corrected chi connectivity index (χ1v) is 5.45. The van der Waals surface area contributed by atoms with Gasteiger partial charge in [-0.15, -0.1) is 24.5 Å². The van der Waals surface area contributed by atoms with E-state index >= 15 is 0 Å². The van der Waals surface area contributed by atoms with Crippen LogP contribution in [0.2, 0.25) is 10.0 Å². The molecule has 0 saturated heterocycles. The number of rotatable bonds is 4. The topological polar surface area (TPSA) is 0 Å². The molecule has 0 aliphatic heterocycles. The molecular formula is C10H10Cl2S. The number of hydrogen-bond donors (Lipinski definition) is 0. The van der Waals surface area contributed by atoms with E-state index in [9.17, 15) is 0 Å².